The van der Waals surface area contributed by atoms with Gasteiger partial charge >= 0.3 is 11.9 Å². The fourth-order valence-corrected chi connectivity index (χ4v) is 3.17. The first kappa shape index (κ1) is 18.5. The van der Waals surface area contributed by atoms with Crippen LogP contribution in [0.1, 0.15) is 0 Å². The van der Waals surface area contributed by atoms with Gasteiger partial charge in [-0.25, -0.2) is 0 Å². The predicted octanol–water partition coefficient (Wildman–Crippen LogP) is -1.82. The maximum absolute atomic E-state index is 10.9. The summed E-state index contributed by atoms with van der Waals surface area (Å²) in [5.41, 5.74) is 5.28. The summed E-state index contributed by atoms with van der Waals surface area (Å²) in [7, 11) is 2.35. The monoisotopic (exact) mass is 314 g/mol. The van der Waals surface area contributed by atoms with E-state index >= 15 is 0 Å². The highest BCUT2D eigenvalue weighted by Gasteiger charge is 2.19. The predicted molar refractivity (Wildman–Crippen MR) is 73.0 cm³/mol. The summed E-state index contributed by atoms with van der Waals surface area (Å²) in [6.45, 7) is -0.484. The van der Waals surface area contributed by atoms with Crippen LogP contribution >= 0.6 is 21.6 Å². The molecule has 0 aromatic heterocycles. The molecule has 0 bridgehead atoms. The van der Waals surface area contributed by atoms with Crippen molar-refractivity contribution in [1.29, 1.82) is 0 Å². The van der Waals surface area contributed by atoms with Crippen molar-refractivity contribution in [2.45, 2.75) is 18.2 Å². The summed E-state index contributed by atoms with van der Waals surface area (Å²) in [5, 5.41) is 37.7. The van der Waals surface area contributed by atoms with E-state index in [1.807, 2.05) is 0 Å². The Bertz CT molecular complexity index is 294. The molecule has 3 atom stereocenters. The second-order valence-corrected chi connectivity index (χ2v) is 6.20. The quantitative estimate of drug-likeness (QED) is 0.190. The Balaban J connectivity index is 3.89. The average molecular weight is 314 g/mol. The maximum Gasteiger partial charge on any atom is 0.321 e. The number of hydrogen-bond acceptors (Lipinski definition) is 8. The van der Waals surface area contributed by atoms with Gasteiger partial charge in [0.25, 0.3) is 0 Å². The molecule has 0 aliphatic heterocycles. The summed E-state index contributed by atoms with van der Waals surface area (Å²) >= 11 is 0. The summed E-state index contributed by atoms with van der Waals surface area (Å²) in [6.07, 6.45) is -1.01. The van der Waals surface area contributed by atoms with Gasteiger partial charge in [0.05, 0.1) is 12.7 Å². The molecule has 10 heteroatoms. The molecule has 0 spiro atoms. The first-order valence-corrected chi connectivity index (χ1v) is 7.85. The number of aliphatic carboxylic acids is 2. The zero-order valence-corrected chi connectivity index (χ0v) is 11.7. The van der Waals surface area contributed by atoms with Crippen molar-refractivity contribution in [3.05, 3.63) is 0 Å². The SMILES string of the molecule is NC(CSSC[C@H](NCC(O)CO)C(=O)O)C(=O)O. The van der Waals surface area contributed by atoms with Crippen molar-refractivity contribution < 1.29 is 30.0 Å². The van der Waals surface area contributed by atoms with Gasteiger partial charge in [0.1, 0.15) is 12.1 Å². The molecule has 2 unspecified atom stereocenters. The Hall–Kier alpha value is -0.520. The van der Waals surface area contributed by atoms with Gasteiger partial charge in [0.2, 0.25) is 0 Å². The Morgan fingerprint density at radius 1 is 1.16 bits per heavy atom. The molecular formula is C9H18N2O6S2. The maximum atomic E-state index is 10.9. The number of aliphatic hydroxyl groups excluding tert-OH is 2. The van der Waals surface area contributed by atoms with E-state index in [4.69, 9.17) is 26.2 Å². The van der Waals surface area contributed by atoms with E-state index in [-0.39, 0.29) is 18.1 Å². The van der Waals surface area contributed by atoms with Crippen LogP contribution in [0.25, 0.3) is 0 Å². The third-order valence-electron chi connectivity index (χ3n) is 1.99. The highest BCUT2D eigenvalue weighted by molar-refractivity contribution is 8.76. The summed E-state index contributed by atoms with van der Waals surface area (Å²) in [4.78, 5) is 21.3. The van der Waals surface area contributed by atoms with Crippen LogP contribution in [0, 0.1) is 0 Å². The number of nitrogens with two attached hydrogens (primary N) is 1. The lowest BCUT2D eigenvalue weighted by Gasteiger charge is -2.16. The topological polar surface area (TPSA) is 153 Å². The molecular weight excluding hydrogens is 296 g/mol. The van der Waals surface area contributed by atoms with Gasteiger partial charge in [-0.3, -0.25) is 9.59 Å². The van der Waals surface area contributed by atoms with Crippen LogP contribution < -0.4 is 11.1 Å². The molecule has 0 radical (unpaired) electrons. The van der Waals surface area contributed by atoms with Crippen molar-refractivity contribution in [3.8, 4) is 0 Å². The molecule has 0 aliphatic rings. The number of carbonyl (C=O) groups is 2. The van der Waals surface area contributed by atoms with Gasteiger partial charge in [-0.2, -0.15) is 0 Å². The molecule has 8 nitrogen and oxygen atoms in total. The van der Waals surface area contributed by atoms with Gasteiger partial charge in [-0.15, -0.1) is 0 Å². The van der Waals surface area contributed by atoms with Crippen LogP contribution in [0.5, 0.6) is 0 Å². The Kier molecular flexibility index (Phi) is 10.0. The fourth-order valence-electron chi connectivity index (χ4n) is 0.869. The van der Waals surface area contributed by atoms with Crippen molar-refractivity contribution in [2.24, 2.45) is 5.73 Å². The summed E-state index contributed by atoms with van der Waals surface area (Å²) in [5.74, 6) is -1.83. The van der Waals surface area contributed by atoms with Crippen LogP contribution in [0.4, 0.5) is 0 Å². The normalized spacial score (nSPS) is 15.7. The second-order valence-electron chi connectivity index (χ2n) is 3.65. The first-order chi connectivity index (χ1) is 8.88. The summed E-state index contributed by atoms with van der Waals surface area (Å²) < 4.78 is 0. The Labute approximate surface area is 118 Å². The number of aliphatic hydroxyl groups is 2. The van der Waals surface area contributed by atoms with E-state index in [9.17, 15) is 9.59 Å². The van der Waals surface area contributed by atoms with Crippen molar-refractivity contribution in [1.82, 2.24) is 5.32 Å². The minimum atomic E-state index is -1.10. The molecule has 0 fully saturated rings. The number of rotatable bonds is 11. The van der Waals surface area contributed by atoms with E-state index in [2.05, 4.69) is 5.32 Å². The number of nitrogens with one attached hydrogen (secondary N) is 1. The highest BCUT2D eigenvalue weighted by Crippen LogP contribution is 2.22. The molecule has 0 rings (SSSR count). The van der Waals surface area contributed by atoms with E-state index in [1.54, 1.807) is 0 Å². The first-order valence-electron chi connectivity index (χ1n) is 5.36. The van der Waals surface area contributed by atoms with Crippen LogP contribution in [0.15, 0.2) is 0 Å². The standard InChI is InChI=1S/C9H18N2O6S2/c10-6(8(14)15)3-18-19-4-7(9(16)17)11-1-5(13)2-12/h5-7,11-13H,1-4,10H2,(H,14,15)(H,16,17)/t5?,6?,7-/m0/s1. The van der Waals surface area contributed by atoms with Crippen LogP contribution in [0.2, 0.25) is 0 Å². The van der Waals surface area contributed by atoms with E-state index in [1.165, 1.54) is 21.6 Å². The zero-order valence-electron chi connectivity index (χ0n) is 10.1. The van der Waals surface area contributed by atoms with E-state index in [0.717, 1.165) is 0 Å². The molecule has 0 aliphatic carbocycles. The lowest BCUT2D eigenvalue weighted by molar-refractivity contribution is -0.139. The number of carboxylic acid groups (broad SMARTS) is 2. The van der Waals surface area contributed by atoms with Crippen molar-refractivity contribution in [3.63, 3.8) is 0 Å². The van der Waals surface area contributed by atoms with Crippen molar-refractivity contribution >= 4 is 33.5 Å². The largest absolute Gasteiger partial charge is 0.480 e. The van der Waals surface area contributed by atoms with Gasteiger partial charge in [0.15, 0.2) is 0 Å². The second kappa shape index (κ2) is 10.3. The lowest BCUT2D eigenvalue weighted by atomic mass is 10.3. The van der Waals surface area contributed by atoms with Gasteiger partial charge in [-0.05, 0) is 0 Å². The molecule has 7 N–H and O–H groups in total. The van der Waals surface area contributed by atoms with Crippen LogP contribution in [-0.4, -0.2) is 75.2 Å². The van der Waals surface area contributed by atoms with Crippen LogP contribution in [0.3, 0.4) is 0 Å². The van der Waals surface area contributed by atoms with E-state index in [0.29, 0.717) is 0 Å². The molecule has 0 amide bonds. The third kappa shape index (κ3) is 9.08. The van der Waals surface area contributed by atoms with E-state index < -0.39 is 36.7 Å². The molecule has 0 aromatic rings. The molecule has 0 saturated heterocycles. The minimum Gasteiger partial charge on any atom is -0.480 e. The Morgan fingerprint density at radius 3 is 2.21 bits per heavy atom. The highest BCUT2D eigenvalue weighted by atomic mass is 33.1. The van der Waals surface area contributed by atoms with Crippen LogP contribution in [-0.2, 0) is 9.59 Å². The molecule has 0 heterocycles. The van der Waals surface area contributed by atoms with Crippen molar-refractivity contribution in [2.75, 3.05) is 24.7 Å². The van der Waals surface area contributed by atoms with Gasteiger partial charge in [0, 0.05) is 18.1 Å². The third-order valence-corrected chi connectivity index (χ3v) is 4.44. The lowest BCUT2D eigenvalue weighted by Crippen LogP contribution is -2.43. The fraction of sp³-hybridized carbons (Fsp3) is 0.778. The minimum absolute atomic E-state index is 0.0344. The number of carboxylic acids is 2. The number of hydrogen-bond donors (Lipinski definition) is 6. The molecule has 19 heavy (non-hydrogen) atoms. The molecule has 112 valence electrons. The van der Waals surface area contributed by atoms with Gasteiger partial charge < -0.3 is 31.5 Å². The summed E-state index contributed by atoms with van der Waals surface area (Å²) in [6, 6.07) is -1.87. The average Bonchev–Trinajstić information content (AvgIpc) is 2.36. The smallest absolute Gasteiger partial charge is 0.321 e. The molecule has 0 aromatic carbocycles. The van der Waals surface area contributed by atoms with Gasteiger partial charge in [-0.1, -0.05) is 21.6 Å². The zero-order chi connectivity index (χ0) is 14.8. The Morgan fingerprint density at radius 2 is 1.74 bits per heavy atom. The molecule has 0 saturated carbocycles.